The summed E-state index contributed by atoms with van der Waals surface area (Å²) in [5, 5.41) is 15.1. The van der Waals surface area contributed by atoms with Crippen molar-refractivity contribution in [1.29, 1.82) is 0 Å². The highest BCUT2D eigenvalue weighted by Crippen LogP contribution is 2.37. The molecule has 1 atom stereocenters. The fourth-order valence-electron chi connectivity index (χ4n) is 2.69. The molecule has 0 aromatic carbocycles. The van der Waals surface area contributed by atoms with Crippen molar-refractivity contribution in [2.24, 2.45) is 16.3 Å². The van der Waals surface area contributed by atoms with Gasteiger partial charge in [-0.1, -0.05) is 31.3 Å². The van der Waals surface area contributed by atoms with E-state index in [1.165, 1.54) is 0 Å². The van der Waals surface area contributed by atoms with E-state index < -0.39 is 5.41 Å². The smallest absolute Gasteiger partial charge is 0.234 e. The van der Waals surface area contributed by atoms with Crippen LogP contribution in [-0.2, 0) is 4.79 Å². The van der Waals surface area contributed by atoms with E-state index in [2.05, 4.69) is 17.4 Å². The SMILES string of the molecule is CCSCCC(C)NC(=O)C1(C(N)=NO)CCCCC1. The van der Waals surface area contributed by atoms with Crippen molar-refractivity contribution < 1.29 is 10.0 Å². The summed E-state index contributed by atoms with van der Waals surface area (Å²) in [7, 11) is 0. The molecule has 5 nitrogen and oxygen atoms in total. The molecule has 1 aliphatic carbocycles. The highest BCUT2D eigenvalue weighted by atomic mass is 32.2. The monoisotopic (exact) mass is 301 g/mol. The van der Waals surface area contributed by atoms with E-state index in [0.717, 1.165) is 37.2 Å². The van der Waals surface area contributed by atoms with Crippen molar-refractivity contribution in [3.05, 3.63) is 0 Å². The number of nitrogens with two attached hydrogens (primary N) is 1. The van der Waals surface area contributed by atoms with Crippen LogP contribution in [-0.4, -0.2) is 34.5 Å². The molecule has 4 N–H and O–H groups in total. The van der Waals surface area contributed by atoms with Crippen LogP contribution in [0.5, 0.6) is 0 Å². The van der Waals surface area contributed by atoms with Gasteiger partial charge in [0.2, 0.25) is 5.91 Å². The highest BCUT2D eigenvalue weighted by Gasteiger charge is 2.44. The number of hydrogen-bond donors (Lipinski definition) is 3. The molecule has 0 bridgehead atoms. The zero-order valence-corrected chi connectivity index (χ0v) is 13.3. The third-order valence-corrected chi connectivity index (χ3v) is 4.95. The molecule has 0 aromatic rings. The van der Waals surface area contributed by atoms with Crippen molar-refractivity contribution in [3.8, 4) is 0 Å². The molecule has 6 heteroatoms. The van der Waals surface area contributed by atoms with E-state index in [0.29, 0.717) is 12.8 Å². The lowest BCUT2D eigenvalue weighted by Gasteiger charge is -2.35. The Bertz CT molecular complexity index is 341. The van der Waals surface area contributed by atoms with E-state index in [1.54, 1.807) is 0 Å². The maximum atomic E-state index is 12.6. The number of rotatable bonds is 7. The molecule has 0 aliphatic heterocycles. The van der Waals surface area contributed by atoms with E-state index >= 15 is 0 Å². The summed E-state index contributed by atoms with van der Waals surface area (Å²) < 4.78 is 0. The van der Waals surface area contributed by atoms with Gasteiger partial charge in [-0.2, -0.15) is 11.8 Å². The molecule has 1 rings (SSSR count). The zero-order chi connectivity index (χ0) is 15.0. The summed E-state index contributed by atoms with van der Waals surface area (Å²) in [5.74, 6) is 2.11. The lowest BCUT2D eigenvalue weighted by atomic mass is 9.72. The Balaban J connectivity index is 2.64. The van der Waals surface area contributed by atoms with Crippen molar-refractivity contribution in [3.63, 3.8) is 0 Å². The molecule has 0 saturated heterocycles. The van der Waals surface area contributed by atoms with Crippen LogP contribution in [0.3, 0.4) is 0 Å². The number of thioether (sulfide) groups is 1. The summed E-state index contributed by atoms with van der Waals surface area (Å²) in [4.78, 5) is 12.6. The largest absolute Gasteiger partial charge is 0.409 e. The summed E-state index contributed by atoms with van der Waals surface area (Å²) in [5.41, 5.74) is 5.01. The lowest BCUT2D eigenvalue weighted by Crippen LogP contribution is -2.52. The molecule has 1 amide bonds. The number of nitrogens with zero attached hydrogens (tertiary/aromatic N) is 1. The van der Waals surface area contributed by atoms with Crippen LogP contribution < -0.4 is 11.1 Å². The van der Waals surface area contributed by atoms with Gasteiger partial charge in [-0.25, -0.2) is 0 Å². The predicted molar refractivity (Wildman–Crippen MR) is 84.1 cm³/mol. The number of hydrogen-bond acceptors (Lipinski definition) is 4. The van der Waals surface area contributed by atoms with Gasteiger partial charge in [0.1, 0.15) is 5.41 Å². The van der Waals surface area contributed by atoms with Crippen LogP contribution >= 0.6 is 11.8 Å². The summed E-state index contributed by atoms with van der Waals surface area (Å²) in [6.07, 6.45) is 5.29. The molecule has 116 valence electrons. The topological polar surface area (TPSA) is 87.7 Å². The first-order valence-corrected chi connectivity index (χ1v) is 8.59. The maximum absolute atomic E-state index is 12.6. The second kappa shape index (κ2) is 8.39. The average Bonchev–Trinajstić information content (AvgIpc) is 2.47. The summed E-state index contributed by atoms with van der Waals surface area (Å²) >= 11 is 1.87. The van der Waals surface area contributed by atoms with Gasteiger partial charge in [0.15, 0.2) is 5.84 Å². The van der Waals surface area contributed by atoms with Crippen LogP contribution in [0.1, 0.15) is 52.4 Å². The van der Waals surface area contributed by atoms with Crippen molar-refractivity contribution in [1.82, 2.24) is 5.32 Å². The molecule has 1 aliphatic rings. The molecular formula is C14H27N3O2S. The Hall–Kier alpha value is -0.910. The number of amidine groups is 1. The third-order valence-electron chi connectivity index (χ3n) is 4.02. The fourth-order valence-corrected chi connectivity index (χ4v) is 3.50. The molecular weight excluding hydrogens is 274 g/mol. The number of carbonyl (C=O) groups excluding carboxylic acids is 1. The van der Waals surface area contributed by atoms with Crippen LogP contribution in [0.2, 0.25) is 0 Å². The quantitative estimate of drug-likeness (QED) is 0.221. The van der Waals surface area contributed by atoms with Crippen LogP contribution in [0.25, 0.3) is 0 Å². The molecule has 0 heterocycles. The van der Waals surface area contributed by atoms with Gasteiger partial charge in [-0.15, -0.1) is 0 Å². The van der Waals surface area contributed by atoms with Crippen LogP contribution in [0, 0.1) is 5.41 Å². The summed E-state index contributed by atoms with van der Waals surface area (Å²) in [6, 6.07) is 0.117. The fraction of sp³-hybridized carbons (Fsp3) is 0.857. The Morgan fingerprint density at radius 2 is 2.10 bits per heavy atom. The average molecular weight is 301 g/mol. The van der Waals surface area contributed by atoms with Crippen molar-refractivity contribution >= 4 is 23.5 Å². The zero-order valence-electron chi connectivity index (χ0n) is 12.5. The molecule has 1 unspecified atom stereocenters. The van der Waals surface area contributed by atoms with Crippen LogP contribution in [0.4, 0.5) is 0 Å². The highest BCUT2D eigenvalue weighted by molar-refractivity contribution is 7.99. The Kier molecular flexibility index (Phi) is 7.19. The predicted octanol–water partition coefficient (Wildman–Crippen LogP) is 2.33. The minimum Gasteiger partial charge on any atom is -0.409 e. The molecule has 1 saturated carbocycles. The number of oxime groups is 1. The molecule has 1 fully saturated rings. The van der Waals surface area contributed by atoms with Gasteiger partial charge in [0, 0.05) is 6.04 Å². The van der Waals surface area contributed by atoms with E-state index in [1.807, 2.05) is 18.7 Å². The van der Waals surface area contributed by atoms with Gasteiger partial charge in [0.25, 0.3) is 0 Å². The van der Waals surface area contributed by atoms with Gasteiger partial charge >= 0.3 is 0 Å². The first-order valence-electron chi connectivity index (χ1n) is 7.43. The molecule has 0 aromatic heterocycles. The second-order valence-electron chi connectivity index (χ2n) is 5.49. The van der Waals surface area contributed by atoms with E-state index in [9.17, 15) is 4.79 Å². The van der Waals surface area contributed by atoms with Gasteiger partial charge < -0.3 is 16.3 Å². The summed E-state index contributed by atoms with van der Waals surface area (Å²) in [6.45, 7) is 4.14. The number of carbonyl (C=O) groups is 1. The Labute approximate surface area is 125 Å². The minimum absolute atomic E-state index is 0.0600. The minimum atomic E-state index is -0.806. The van der Waals surface area contributed by atoms with Gasteiger partial charge in [-0.05, 0) is 37.7 Å². The van der Waals surface area contributed by atoms with Crippen molar-refractivity contribution in [2.75, 3.05) is 11.5 Å². The van der Waals surface area contributed by atoms with Crippen LogP contribution in [0.15, 0.2) is 5.16 Å². The van der Waals surface area contributed by atoms with E-state index in [-0.39, 0.29) is 17.8 Å². The number of nitrogens with one attached hydrogen (secondary N) is 1. The molecule has 0 radical (unpaired) electrons. The first kappa shape index (κ1) is 17.1. The lowest BCUT2D eigenvalue weighted by molar-refractivity contribution is -0.129. The van der Waals surface area contributed by atoms with Gasteiger partial charge in [-0.3, -0.25) is 4.79 Å². The third kappa shape index (κ3) is 4.30. The Morgan fingerprint density at radius 1 is 1.45 bits per heavy atom. The van der Waals surface area contributed by atoms with E-state index in [4.69, 9.17) is 10.9 Å². The standard InChI is InChI=1S/C14H27N3O2S/c1-3-20-10-7-11(2)16-13(18)14(12(15)17-19)8-5-4-6-9-14/h11,19H,3-10H2,1-2H3,(H2,15,17)(H,16,18). The maximum Gasteiger partial charge on any atom is 0.234 e. The second-order valence-corrected chi connectivity index (χ2v) is 6.88. The normalized spacial score (nSPS) is 20.4. The molecule has 20 heavy (non-hydrogen) atoms. The van der Waals surface area contributed by atoms with Crippen molar-refractivity contribution in [2.45, 2.75) is 58.4 Å². The van der Waals surface area contributed by atoms with Gasteiger partial charge in [0.05, 0.1) is 0 Å². The Morgan fingerprint density at radius 3 is 2.65 bits per heavy atom. The molecule has 0 spiro atoms. The first-order chi connectivity index (χ1) is 9.56. The number of amides is 1.